The van der Waals surface area contributed by atoms with Gasteiger partial charge in [0.25, 0.3) is 11.8 Å². The van der Waals surface area contributed by atoms with E-state index in [1.54, 1.807) is 18.2 Å². The lowest BCUT2D eigenvalue weighted by Crippen LogP contribution is -2.41. The molecule has 0 saturated heterocycles. The van der Waals surface area contributed by atoms with Crippen molar-refractivity contribution in [1.82, 2.24) is 4.90 Å². The fourth-order valence-corrected chi connectivity index (χ4v) is 3.55. The average Bonchev–Trinajstić information content (AvgIpc) is 2.78. The van der Waals surface area contributed by atoms with Crippen LogP contribution in [0.4, 0.5) is 0 Å². The summed E-state index contributed by atoms with van der Waals surface area (Å²) in [5.74, 6) is -0.131. The van der Waals surface area contributed by atoms with Crippen molar-refractivity contribution in [2.24, 2.45) is 0 Å². The van der Waals surface area contributed by atoms with Crippen molar-refractivity contribution in [2.75, 3.05) is 7.11 Å². The number of halogens is 1. The number of carbonyl (C=O) groups excluding carboxylic acids is 2. The highest BCUT2D eigenvalue weighted by molar-refractivity contribution is 6.55. The molecule has 0 aromatic heterocycles. The SMILES string of the molecule is COc1ccccc1C1=C(Cl)C(=O)N(C2CCCCC2)C1=O. The van der Waals surface area contributed by atoms with Crippen molar-refractivity contribution < 1.29 is 14.3 Å². The van der Waals surface area contributed by atoms with Crippen molar-refractivity contribution in [3.05, 3.63) is 34.9 Å². The van der Waals surface area contributed by atoms with Crippen LogP contribution in [0, 0.1) is 0 Å². The predicted octanol–water partition coefficient (Wildman–Crippen LogP) is 3.35. The summed E-state index contributed by atoms with van der Waals surface area (Å²) in [6.07, 6.45) is 4.97. The fourth-order valence-electron chi connectivity index (χ4n) is 3.27. The van der Waals surface area contributed by atoms with Crippen LogP contribution < -0.4 is 4.74 Å². The number of methoxy groups -OCH3 is 1. The van der Waals surface area contributed by atoms with E-state index in [-0.39, 0.29) is 28.5 Å². The van der Waals surface area contributed by atoms with Gasteiger partial charge in [0.1, 0.15) is 10.8 Å². The third-order valence-corrected chi connectivity index (χ3v) is 4.73. The van der Waals surface area contributed by atoms with Gasteiger partial charge >= 0.3 is 0 Å². The molecule has 1 saturated carbocycles. The van der Waals surface area contributed by atoms with E-state index >= 15 is 0 Å². The van der Waals surface area contributed by atoms with Crippen LogP contribution in [0.2, 0.25) is 0 Å². The molecule has 1 fully saturated rings. The Balaban J connectivity index is 1.98. The summed E-state index contributed by atoms with van der Waals surface area (Å²) >= 11 is 6.21. The standard InChI is InChI=1S/C17H18ClNO3/c1-22-13-10-6-5-9-12(13)14-15(18)17(21)19(16(14)20)11-7-3-2-4-8-11/h5-6,9-11H,2-4,7-8H2,1H3. The van der Waals surface area contributed by atoms with E-state index < -0.39 is 0 Å². The van der Waals surface area contributed by atoms with Crippen LogP contribution in [0.1, 0.15) is 37.7 Å². The van der Waals surface area contributed by atoms with Crippen molar-refractivity contribution in [2.45, 2.75) is 38.1 Å². The molecular formula is C17H18ClNO3. The largest absolute Gasteiger partial charge is 0.496 e. The molecule has 0 radical (unpaired) electrons. The van der Waals surface area contributed by atoms with E-state index in [1.807, 2.05) is 6.07 Å². The molecule has 0 N–H and O–H groups in total. The molecule has 2 amide bonds. The highest BCUT2D eigenvalue weighted by Gasteiger charge is 2.42. The predicted molar refractivity (Wildman–Crippen MR) is 84.5 cm³/mol. The highest BCUT2D eigenvalue weighted by atomic mass is 35.5. The number of carbonyl (C=O) groups is 2. The second-order valence-electron chi connectivity index (χ2n) is 5.66. The number of amides is 2. The number of rotatable bonds is 3. The Bertz CT molecular complexity index is 647. The summed E-state index contributed by atoms with van der Waals surface area (Å²) in [5.41, 5.74) is 0.835. The molecule has 1 aromatic carbocycles. The summed E-state index contributed by atoms with van der Waals surface area (Å²) in [6.45, 7) is 0. The van der Waals surface area contributed by atoms with Crippen LogP contribution in [-0.2, 0) is 9.59 Å². The van der Waals surface area contributed by atoms with E-state index in [2.05, 4.69) is 0 Å². The zero-order valence-corrected chi connectivity index (χ0v) is 13.2. The molecule has 2 aliphatic rings. The first-order valence-electron chi connectivity index (χ1n) is 7.56. The monoisotopic (exact) mass is 319 g/mol. The van der Waals surface area contributed by atoms with Gasteiger partial charge in [-0.05, 0) is 18.9 Å². The average molecular weight is 320 g/mol. The minimum Gasteiger partial charge on any atom is -0.496 e. The van der Waals surface area contributed by atoms with Crippen LogP contribution in [0.15, 0.2) is 29.3 Å². The summed E-state index contributed by atoms with van der Waals surface area (Å²) in [6, 6.07) is 7.10. The number of hydrogen-bond acceptors (Lipinski definition) is 3. The zero-order chi connectivity index (χ0) is 15.7. The van der Waals surface area contributed by atoms with Gasteiger partial charge < -0.3 is 4.74 Å². The lowest BCUT2D eigenvalue weighted by Gasteiger charge is -2.29. The van der Waals surface area contributed by atoms with Crippen molar-refractivity contribution in [3.8, 4) is 5.75 Å². The van der Waals surface area contributed by atoms with Gasteiger partial charge in [-0.3, -0.25) is 14.5 Å². The Hall–Kier alpha value is -1.81. The topological polar surface area (TPSA) is 46.6 Å². The quantitative estimate of drug-likeness (QED) is 0.803. The normalized spacial score (nSPS) is 20.0. The maximum absolute atomic E-state index is 12.8. The summed E-state index contributed by atoms with van der Waals surface area (Å²) < 4.78 is 5.30. The van der Waals surface area contributed by atoms with Gasteiger partial charge in [-0.15, -0.1) is 0 Å². The number of ether oxygens (including phenoxy) is 1. The smallest absolute Gasteiger partial charge is 0.273 e. The molecule has 4 nitrogen and oxygen atoms in total. The third-order valence-electron chi connectivity index (χ3n) is 4.37. The zero-order valence-electron chi connectivity index (χ0n) is 12.5. The second-order valence-corrected chi connectivity index (χ2v) is 6.04. The Labute approximate surface area is 134 Å². The molecule has 1 aliphatic heterocycles. The highest BCUT2D eigenvalue weighted by Crippen LogP contribution is 2.38. The Morgan fingerprint density at radius 2 is 1.77 bits per heavy atom. The molecule has 22 heavy (non-hydrogen) atoms. The Kier molecular flexibility index (Phi) is 4.21. The number of imide groups is 1. The molecule has 1 aliphatic carbocycles. The first-order chi connectivity index (χ1) is 10.6. The molecule has 0 atom stereocenters. The lowest BCUT2D eigenvalue weighted by molar-refractivity contribution is -0.139. The lowest BCUT2D eigenvalue weighted by atomic mass is 9.94. The van der Waals surface area contributed by atoms with E-state index in [0.29, 0.717) is 11.3 Å². The number of benzene rings is 1. The number of nitrogens with zero attached hydrogens (tertiary/aromatic N) is 1. The number of para-hydroxylation sites is 1. The molecule has 0 unspecified atom stereocenters. The van der Waals surface area contributed by atoms with Gasteiger partial charge in [-0.2, -0.15) is 0 Å². The van der Waals surface area contributed by atoms with Gasteiger partial charge in [-0.25, -0.2) is 0 Å². The summed E-state index contributed by atoms with van der Waals surface area (Å²) in [4.78, 5) is 26.6. The number of hydrogen-bond donors (Lipinski definition) is 0. The Morgan fingerprint density at radius 1 is 1.09 bits per heavy atom. The molecule has 1 aromatic rings. The summed E-state index contributed by atoms with van der Waals surface area (Å²) in [5, 5.41) is 0.0000680. The molecular weight excluding hydrogens is 302 g/mol. The molecule has 5 heteroatoms. The Morgan fingerprint density at radius 3 is 2.45 bits per heavy atom. The van der Waals surface area contributed by atoms with E-state index in [1.165, 1.54) is 12.0 Å². The summed E-state index contributed by atoms with van der Waals surface area (Å²) in [7, 11) is 1.54. The van der Waals surface area contributed by atoms with E-state index in [0.717, 1.165) is 32.1 Å². The minimum atomic E-state index is -0.375. The molecule has 1 heterocycles. The van der Waals surface area contributed by atoms with Crippen LogP contribution in [0.25, 0.3) is 5.57 Å². The van der Waals surface area contributed by atoms with Crippen LogP contribution >= 0.6 is 11.6 Å². The molecule has 116 valence electrons. The van der Waals surface area contributed by atoms with E-state index in [9.17, 15) is 9.59 Å². The van der Waals surface area contributed by atoms with E-state index in [4.69, 9.17) is 16.3 Å². The van der Waals surface area contributed by atoms with Crippen molar-refractivity contribution in [3.63, 3.8) is 0 Å². The maximum atomic E-state index is 12.8. The first-order valence-corrected chi connectivity index (χ1v) is 7.94. The molecule has 3 rings (SSSR count). The third kappa shape index (κ3) is 2.41. The van der Waals surface area contributed by atoms with Crippen molar-refractivity contribution >= 4 is 29.0 Å². The van der Waals surface area contributed by atoms with Crippen molar-refractivity contribution in [1.29, 1.82) is 0 Å². The van der Waals surface area contributed by atoms with Gasteiger partial charge in [-0.1, -0.05) is 49.1 Å². The van der Waals surface area contributed by atoms with Gasteiger partial charge in [0.05, 0.1) is 12.7 Å². The first kappa shape index (κ1) is 15.1. The van der Waals surface area contributed by atoms with Gasteiger partial charge in [0.15, 0.2) is 0 Å². The van der Waals surface area contributed by atoms with Crippen LogP contribution in [-0.4, -0.2) is 29.9 Å². The fraction of sp³-hybridized carbons (Fsp3) is 0.412. The second kappa shape index (κ2) is 6.13. The maximum Gasteiger partial charge on any atom is 0.273 e. The van der Waals surface area contributed by atoms with Gasteiger partial charge in [0.2, 0.25) is 0 Å². The van der Waals surface area contributed by atoms with Gasteiger partial charge in [0, 0.05) is 11.6 Å². The molecule has 0 bridgehead atoms. The van der Waals surface area contributed by atoms with Crippen LogP contribution in [0.3, 0.4) is 0 Å². The minimum absolute atomic E-state index is 0.0000680. The molecule has 0 spiro atoms. The van der Waals surface area contributed by atoms with Crippen LogP contribution in [0.5, 0.6) is 5.75 Å².